The van der Waals surface area contributed by atoms with Crippen LogP contribution in [0.15, 0.2) is 23.1 Å². The van der Waals surface area contributed by atoms with Gasteiger partial charge in [-0.05, 0) is 45.6 Å². The Labute approximate surface area is 198 Å². The monoisotopic (exact) mass is 479 g/mol. The number of aliphatic hydroxyl groups is 1. The summed E-state index contributed by atoms with van der Waals surface area (Å²) in [6.45, 7) is 6.07. The molecule has 0 unspecified atom stereocenters. The molecule has 184 valence electrons. The van der Waals surface area contributed by atoms with E-state index in [1.165, 1.54) is 10.4 Å². The van der Waals surface area contributed by atoms with Crippen LogP contribution in [0.25, 0.3) is 0 Å². The number of hydrogen-bond acceptors (Lipinski definition) is 6. The van der Waals surface area contributed by atoms with Crippen LogP contribution in [-0.2, 0) is 14.8 Å². The predicted molar refractivity (Wildman–Crippen MR) is 128 cm³/mol. The maximum Gasteiger partial charge on any atom is 0.247 e. The summed E-state index contributed by atoms with van der Waals surface area (Å²) >= 11 is 0. The van der Waals surface area contributed by atoms with E-state index in [4.69, 9.17) is 4.74 Å². The van der Waals surface area contributed by atoms with Crippen LogP contribution in [0.2, 0.25) is 0 Å². The first kappa shape index (κ1) is 27.1. The number of sulfonamides is 1. The fourth-order valence-electron chi connectivity index (χ4n) is 3.57. The van der Waals surface area contributed by atoms with Crippen molar-refractivity contribution >= 4 is 15.9 Å². The van der Waals surface area contributed by atoms with Gasteiger partial charge in [-0.25, -0.2) is 8.42 Å². The molecule has 0 saturated carbocycles. The number of likely N-dealkylation sites (N-methyl/N-ethyl adjacent to an activating group) is 2. The minimum absolute atomic E-state index is 0.0445. The summed E-state index contributed by atoms with van der Waals surface area (Å²) in [5.41, 5.74) is 0.670. The lowest BCUT2D eigenvalue weighted by molar-refractivity contribution is -0.132. The molecule has 1 aliphatic heterocycles. The van der Waals surface area contributed by atoms with Crippen LogP contribution in [-0.4, -0.2) is 93.1 Å². The van der Waals surface area contributed by atoms with Crippen LogP contribution in [0.1, 0.15) is 39.2 Å². The molecule has 1 aliphatic rings. The van der Waals surface area contributed by atoms with Crippen LogP contribution in [0.4, 0.5) is 0 Å². The van der Waals surface area contributed by atoms with Gasteiger partial charge in [0, 0.05) is 37.5 Å². The summed E-state index contributed by atoms with van der Waals surface area (Å²) in [5.74, 6) is 6.07. The lowest BCUT2D eigenvalue weighted by Crippen LogP contribution is -2.50. The zero-order valence-electron chi connectivity index (χ0n) is 20.5. The van der Waals surface area contributed by atoms with Crippen molar-refractivity contribution < 1.29 is 23.1 Å². The number of rotatable bonds is 7. The lowest BCUT2D eigenvalue weighted by atomic mass is 10.0. The molecule has 9 heteroatoms. The molecule has 33 heavy (non-hydrogen) atoms. The second-order valence-corrected chi connectivity index (χ2v) is 10.8. The zero-order chi connectivity index (χ0) is 24.8. The number of amides is 1. The average molecular weight is 480 g/mol. The molecule has 2 rings (SSSR count). The van der Waals surface area contributed by atoms with Crippen molar-refractivity contribution in [3.8, 4) is 17.6 Å². The van der Waals surface area contributed by atoms with Gasteiger partial charge in [0.15, 0.2) is 0 Å². The Bertz CT molecular complexity index is 984. The number of unbranched alkanes of at least 4 members (excludes halogenated alkanes) is 1. The lowest BCUT2D eigenvalue weighted by Gasteiger charge is -2.37. The Balaban J connectivity index is 2.50. The van der Waals surface area contributed by atoms with Gasteiger partial charge < -0.3 is 19.6 Å². The standard InChI is InChI=1S/C24H37N3O5S/c1-7-8-9-10-20-11-12-23-21(13-20)32-22(15-26(6)24(29)16-25(4)5)18(2)14-27(19(3)17-28)33(23,30)31/h11-13,18-19,22,28H,7-8,14-17H2,1-6H3/t18-,19-,22+/m1/s1. The zero-order valence-corrected chi connectivity index (χ0v) is 21.4. The summed E-state index contributed by atoms with van der Waals surface area (Å²) in [6, 6.07) is 4.26. The van der Waals surface area contributed by atoms with Crippen LogP contribution in [0, 0.1) is 17.8 Å². The Hall–Kier alpha value is -2.12. The third kappa shape index (κ3) is 6.93. The van der Waals surface area contributed by atoms with Gasteiger partial charge in [-0.2, -0.15) is 4.31 Å². The van der Waals surface area contributed by atoms with E-state index in [0.29, 0.717) is 12.1 Å². The number of benzene rings is 1. The summed E-state index contributed by atoms with van der Waals surface area (Å²) in [5, 5.41) is 9.74. The first-order valence-electron chi connectivity index (χ1n) is 11.3. The van der Waals surface area contributed by atoms with Crippen LogP contribution in [0.3, 0.4) is 0 Å². The summed E-state index contributed by atoms with van der Waals surface area (Å²) in [6.07, 6.45) is 1.24. The topological polar surface area (TPSA) is 90.4 Å². The molecular weight excluding hydrogens is 442 g/mol. The molecule has 8 nitrogen and oxygen atoms in total. The van der Waals surface area contributed by atoms with Gasteiger partial charge in [0.1, 0.15) is 16.7 Å². The average Bonchev–Trinajstić information content (AvgIpc) is 2.75. The van der Waals surface area contributed by atoms with E-state index >= 15 is 0 Å². The second-order valence-electron chi connectivity index (χ2n) is 8.97. The Morgan fingerprint density at radius 2 is 2.03 bits per heavy atom. The third-order valence-corrected chi connectivity index (χ3v) is 7.63. The van der Waals surface area contributed by atoms with E-state index in [-0.39, 0.29) is 42.2 Å². The summed E-state index contributed by atoms with van der Waals surface area (Å²) in [7, 11) is 1.48. The first-order chi connectivity index (χ1) is 15.5. The molecule has 1 heterocycles. The van der Waals surface area contributed by atoms with Gasteiger partial charge >= 0.3 is 0 Å². The van der Waals surface area contributed by atoms with Gasteiger partial charge in [-0.1, -0.05) is 25.7 Å². The van der Waals surface area contributed by atoms with Crippen molar-refractivity contribution in [3.05, 3.63) is 23.8 Å². The quantitative estimate of drug-likeness (QED) is 0.598. The summed E-state index contributed by atoms with van der Waals surface area (Å²) in [4.78, 5) is 16.0. The van der Waals surface area contributed by atoms with Crippen molar-refractivity contribution in [2.75, 3.05) is 47.4 Å². The molecule has 1 aromatic rings. The van der Waals surface area contributed by atoms with E-state index in [1.807, 2.05) is 27.9 Å². The van der Waals surface area contributed by atoms with Crippen molar-refractivity contribution in [2.24, 2.45) is 5.92 Å². The molecule has 0 fully saturated rings. The number of hydrogen-bond donors (Lipinski definition) is 1. The first-order valence-corrected chi connectivity index (χ1v) is 12.8. The molecule has 0 radical (unpaired) electrons. The van der Waals surface area contributed by atoms with Crippen LogP contribution in [0.5, 0.6) is 5.75 Å². The minimum atomic E-state index is -3.90. The predicted octanol–water partition coefficient (Wildman–Crippen LogP) is 1.63. The number of fused-ring (bicyclic) bond motifs is 1. The van der Waals surface area contributed by atoms with E-state index in [2.05, 4.69) is 11.8 Å². The summed E-state index contributed by atoms with van der Waals surface area (Å²) < 4.78 is 34.6. The molecule has 0 bridgehead atoms. The van der Waals surface area contributed by atoms with Crippen LogP contribution < -0.4 is 4.74 Å². The van der Waals surface area contributed by atoms with Crippen molar-refractivity contribution in [1.29, 1.82) is 0 Å². The van der Waals surface area contributed by atoms with Crippen molar-refractivity contribution in [2.45, 2.75) is 50.7 Å². The highest BCUT2D eigenvalue weighted by Gasteiger charge is 2.38. The largest absolute Gasteiger partial charge is 0.487 e. The molecule has 0 aliphatic carbocycles. The Kier molecular flexibility index (Phi) is 9.73. The van der Waals surface area contributed by atoms with Gasteiger partial charge in [-0.3, -0.25) is 4.79 Å². The van der Waals surface area contributed by atoms with Gasteiger partial charge in [0.05, 0.1) is 19.7 Å². The maximum atomic E-state index is 13.5. The fraction of sp³-hybridized carbons (Fsp3) is 0.625. The molecule has 3 atom stereocenters. The molecule has 1 aromatic carbocycles. The molecule has 1 amide bonds. The molecule has 1 N–H and O–H groups in total. The molecular formula is C24H37N3O5S. The van der Waals surface area contributed by atoms with E-state index in [1.54, 1.807) is 35.9 Å². The van der Waals surface area contributed by atoms with E-state index < -0.39 is 22.2 Å². The highest BCUT2D eigenvalue weighted by molar-refractivity contribution is 7.89. The smallest absolute Gasteiger partial charge is 0.247 e. The number of carbonyl (C=O) groups excluding carboxylic acids is 1. The minimum Gasteiger partial charge on any atom is -0.487 e. The molecule has 0 saturated heterocycles. The number of nitrogens with zero attached hydrogens (tertiary/aromatic N) is 3. The normalized spacial score (nSPS) is 21.1. The highest BCUT2D eigenvalue weighted by atomic mass is 32.2. The third-order valence-electron chi connectivity index (χ3n) is 5.61. The van der Waals surface area contributed by atoms with Crippen molar-refractivity contribution in [3.63, 3.8) is 0 Å². The van der Waals surface area contributed by atoms with Gasteiger partial charge in [0.2, 0.25) is 15.9 Å². The molecule has 0 spiro atoms. The van der Waals surface area contributed by atoms with Gasteiger partial charge in [-0.15, -0.1) is 0 Å². The van der Waals surface area contributed by atoms with Crippen molar-refractivity contribution in [1.82, 2.24) is 14.1 Å². The highest BCUT2D eigenvalue weighted by Crippen LogP contribution is 2.34. The Morgan fingerprint density at radius 1 is 1.33 bits per heavy atom. The maximum absolute atomic E-state index is 13.5. The SMILES string of the molecule is CCCC#Cc1ccc2c(c1)O[C@@H](CN(C)C(=O)CN(C)C)[C@H](C)CN([C@H](C)CO)S2(=O)=O. The number of ether oxygens (including phenoxy) is 1. The van der Waals surface area contributed by atoms with E-state index in [9.17, 15) is 18.3 Å². The van der Waals surface area contributed by atoms with E-state index in [0.717, 1.165) is 12.8 Å². The number of aliphatic hydroxyl groups excluding tert-OH is 1. The van der Waals surface area contributed by atoms with Gasteiger partial charge in [0.25, 0.3) is 0 Å². The Morgan fingerprint density at radius 3 is 2.64 bits per heavy atom. The number of carbonyl (C=O) groups is 1. The second kappa shape index (κ2) is 11.8. The fourth-order valence-corrected chi connectivity index (χ4v) is 5.40. The molecule has 0 aromatic heterocycles. The van der Waals surface area contributed by atoms with Crippen LogP contribution >= 0.6 is 0 Å².